The van der Waals surface area contributed by atoms with Gasteiger partial charge in [0, 0.05) is 17.7 Å². The number of halogens is 3. The van der Waals surface area contributed by atoms with Crippen molar-refractivity contribution in [1.29, 1.82) is 0 Å². The molecule has 1 heterocycles. The molecule has 7 heteroatoms. The Morgan fingerprint density at radius 1 is 1.18 bits per heavy atom. The average molecular weight is 328 g/mol. The summed E-state index contributed by atoms with van der Waals surface area (Å²) in [5, 5.41) is 0. The van der Waals surface area contributed by atoms with E-state index >= 15 is 0 Å². The second-order valence-electron chi connectivity index (χ2n) is 4.95. The molecule has 0 fully saturated rings. The number of hydrogen-bond acceptors (Lipinski definition) is 2. The van der Waals surface area contributed by atoms with Gasteiger partial charge < -0.3 is 4.98 Å². The first-order valence-electron chi connectivity index (χ1n) is 6.82. The SMILES string of the molecule is CCCc1[nH]c(=S)[nH]c(=O)c1Cc1ccccc1C(F)(F)F. The van der Waals surface area contributed by atoms with Crippen molar-refractivity contribution in [3.63, 3.8) is 0 Å². The van der Waals surface area contributed by atoms with E-state index in [4.69, 9.17) is 12.2 Å². The molecule has 0 atom stereocenters. The van der Waals surface area contributed by atoms with Crippen molar-refractivity contribution in [2.45, 2.75) is 32.4 Å². The summed E-state index contributed by atoms with van der Waals surface area (Å²) in [6.07, 6.45) is -3.23. The fraction of sp³-hybridized carbons (Fsp3) is 0.333. The maximum absolute atomic E-state index is 13.1. The lowest BCUT2D eigenvalue weighted by Gasteiger charge is -2.14. The molecule has 2 N–H and O–H groups in total. The van der Waals surface area contributed by atoms with Crippen LogP contribution in [0.3, 0.4) is 0 Å². The molecule has 0 aliphatic heterocycles. The lowest BCUT2D eigenvalue weighted by Crippen LogP contribution is -2.20. The number of nitrogens with one attached hydrogen (secondary N) is 2. The highest BCUT2D eigenvalue weighted by Gasteiger charge is 2.33. The first-order valence-corrected chi connectivity index (χ1v) is 7.23. The molecule has 0 bridgehead atoms. The fourth-order valence-electron chi connectivity index (χ4n) is 2.35. The van der Waals surface area contributed by atoms with Gasteiger partial charge in [-0.05, 0) is 30.3 Å². The van der Waals surface area contributed by atoms with Crippen LogP contribution in [0.25, 0.3) is 0 Å². The fourth-order valence-corrected chi connectivity index (χ4v) is 2.57. The summed E-state index contributed by atoms with van der Waals surface area (Å²) < 4.78 is 39.3. The number of alkyl halides is 3. The molecule has 0 aliphatic carbocycles. The van der Waals surface area contributed by atoms with Gasteiger partial charge in [0.2, 0.25) is 0 Å². The zero-order valence-electron chi connectivity index (χ0n) is 11.9. The Balaban J connectivity index is 2.53. The standard InChI is InChI=1S/C15H15F3N2OS/c1-2-5-12-10(13(21)20-14(22)19-12)8-9-6-3-4-7-11(9)15(16,17)18/h3-4,6-7H,2,5,8H2,1H3,(H2,19,20,21,22). The number of benzene rings is 1. The van der Waals surface area contributed by atoms with Gasteiger partial charge >= 0.3 is 6.18 Å². The molecule has 0 amide bonds. The first kappa shape index (κ1) is 16.5. The van der Waals surface area contributed by atoms with E-state index in [2.05, 4.69) is 9.97 Å². The number of aryl methyl sites for hydroxylation is 1. The van der Waals surface area contributed by atoms with E-state index in [1.54, 1.807) is 0 Å². The molecule has 2 rings (SSSR count). The number of H-pyrrole nitrogens is 2. The zero-order chi connectivity index (χ0) is 16.3. The van der Waals surface area contributed by atoms with E-state index in [1.165, 1.54) is 18.2 Å². The molecule has 0 aliphatic rings. The topological polar surface area (TPSA) is 48.6 Å². The lowest BCUT2D eigenvalue weighted by atomic mass is 9.98. The van der Waals surface area contributed by atoms with Gasteiger partial charge in [0.1, 0.15) is 0 Å². The molecule has 0 radical (unpaired) electrons. The molecular formula is C15H15F3N2OS. The molecule has 0 spiro atoms. The van der Waals surface area contributed by atoms with Gasteiger partial charge in [-0.1, -0.05) is 31.5 Å². The van der Waals surface area contributed by atoms with Gasteiger partial charge in [-0.15, -0.1) is 0 Å². The number of aromatic nitrogens is 2. The van der Waals surface area contributed by atoms with Crippen LogP contribution in [0, 0.1) is 4.77 Å². The van der Waals surface area contributed by atoms with Gasteiger partial charge in [0.15, 0.2) is 4.77 Å². The Labute approximate surface area is 130 Å². The highest BCUT2D eigenvalue weighted by atomic mass is 32.1. The summed E-state index contributed by atoms with van der Waals surface area (Å²) in [4.78, 5) is 17.4. The molecular weight excluding hydrogens is 313 g/mol. The highest BCUT2D eigenvalue weighted by molar-refractivity contribution is 7.71. The predicted molar refractivity (Wildman–Crippen MR) is 80.5 cm³/mol. The van der Waals surface area contributed by atoms with Crippen LogP contribution in [0.1, 0.15) is 35.7 Å². The quantitative estimate of drug-likeness (QED) is 0.834. The molecule has 0 saturated carbocycles. The second-order valence-corrected chi connectivity index (χ2v) is 5.36. The highest BCUT2D eigenvalue weighted by Crippen LogP contribution is 2.32. The van der Waals surface area contributed by atoms with Gasteiger partial charge in [0.05, 0.1) is 5.56 Å². The molecule has 118 valence electrons. The van der Waals surface area contributed by atoms with E-state index in [0.29, 0.717) is 17.7 Å². The largest absolute Gasteiger partial charge is 0.416 e. The van der Waals surface area contributed by atoms with Gasteiger partial charge in [-0.3, -0.25) is 9.78 Å². The summed E-state index contributed by atoms with van der Waals surface area (Å²) >= 11 is 4.92. The van der Waals surface area contributed by atoms with Crippen molar-refractivity contribution in [3.8, 4) is 0 Å². The molecule has 22 heavy (non-hydrogen) atoms. The minimum Gasteiger partial charge on any atom is -0.336 e. The van der Waals surface area contributed by atoms with Gasteiger partial charge in [0.25, 0.3) is 5.56 Å². The number of aromatic amines is 2. The summed E-state index contributed by atoms with van der Waals surface area (Å²) in [7, 11) is 0. The van der Waals surface area contributed by atoms with Crippen LogP contribution in [0.2, 0.25) is 0 Å². The van der Waals surface area contributed by atoms with Crippen molar-refractivity contribution < 1.29 is 13.2 Å². The summed E-state index contributed by atoms with van der Waals surface area (Å²) in [6.45, 7) is 1.92. The maximum atomic E-state index is 13.1. The maximum Gasteiger partial charge on any atom is 0.416 e. The number of rotatable bonds is 4. The minimum absolute atomic E-state index is 0.0726. The van der Waals surface area contributed by atoms with Crippen LogP contribution in [-0.4, -0.2) is 9.97 Å². The average Bonchev–Trinajstić information content (AvgIpc) is 2.42. The van der Waals surface area contributed by atoms with Crippen molar-refractivity contribution in [2.24, 2.45) is 0 Å². The monoisotopic (exact) mass is 328 g/mol. The van der Waals surface area contributed by atoms with Crippen LogP contribution in [0.15, 0.2) is 29.1 Å². The Kier molecular flexibility index (Phi) is 4.85. The third-order valence-corrected chi connectivity index (χ3v) is 3.52. The van der Waals surface area contributed by atoms with Crippen LogP contribution < -0.4 is 5.56 Å². The van der Waals surface area contributed by atoms with Crippen LogP contribution in [-0.2, 0) is 19.0 Å². The van der Waals surface area contributed by atoms with E-state index in [-0.39, 0.29) is 16.8 Å². The second kappa shape index (κ2) is 6.48. The van der Waals surface area contributed by atoms with Gasteiger partial charge in [-0.25, -0.2) is 0 Å². The summed E-state index contributed by atoms with van der Waals surface area (Å²) in [5.41, 5.74) is -0.202. The van der Waals surface area contributed by atoms with Crippen molar-refractivity contribution in [2.75, 3.05) is 0 Å². The van der Waals surface area contributed by atoms with Crippen LogP contribution in [0.4, 0.5) is 13.2 Å². The summed E-state index contributed by atoms with van der Waals surface area (Å²) in [5.74, 6) is 0. The van der Waals surface area contributed by atoms with Crippen molar-refractivity contribution >= 4 is 12.2 Å². The third-order valence-electron chi connectivity index (χ3n) is 3.32. The normalized spacial score (nSPS) is 11.6. The van der Waals surface area contributed by atoms with E-state index in [0.717, 1.165) is 12.5 Å². The zero-order valence-corrected chi connectivity index (χ0v) is 12.7. The number of hydrogen-bond donors (Lipinski definition) is 2. The Morgan fingerprint density at radius 3 is 2.50 bits per heavy atom. The van der Waals surface area contributed by atoms with E-state index in [9.17, 15) is 18.0 Å². The Hall–Kier alpha value is -1.89. The molecule has 1 aromatic heterocycles. The molecule has 3 nitrogen and oxygen atoms in total. The molecule has 1 aromatic carbocycles. The third kappa shape index (κ3) is 3.65. The van der Waals surface area contributed by atoms with Gasteiger partial charge in [-0.2, -0.15) is 13.2 Å². The van der Waals surface area contributed by atoms with Crippen LogP contribution in [0.5, 0.6) is 0 Å². The summed E-state index contributed by atoms with van der Waals surface area (Å²) in [6, 6.07) is 5.28. The van der Waals surface area contributed by atoms with E-state index in [1.807, 2.05) is 6.92 Å². The van der Waals surface area contributed by atoms with E-state index < -0.39 is 17.3 Å². The first-order chi connectivity index (χ1) is 10.3. The molecule has 0 saturated heterocycles. The smallest absolute Gasteiger partial charge is 0.336 e. The lowest BCUT2D eigenvalue weighted by molar-refractivity contribution is -0.138. The minimum atomic E-state index is -4.45. The Morgan fingerprint density at radius 2 is 1.86 bits per heavy atom. The van der Waals surface area contributed by atoms with Crippen molar-refractivity contribution in [3.05, 3.63) is 61.8 Å². The molecule has 2 aromatic rings. The predicted octanol–water partition coefficient (Wildman–Crippen LogP) is 3.99. The van der Waals surface area contributed by atoms with Crippen LogP contribution >= 0.6 is 12.2 Å². The Bertz CT molecular complexity index is 777. The molecule has 0 unspecified atom stereocenters. The van der Waals surface area contributed by atoms with Crippen molar-refractivity contribution in [1.82, 2.24) is 9.97 Å².